The molecule has 0 saturated carbocycles. The largest absolute Gasteiger partial charge is 0.480 e. The minimum atomic E-state index is -1.000. The minimum Gasteiger partial charge on any atom is -0.480 e. The smallest absolute Gasteiger partial charge is 0.327 e. The lowest BCUT2D eigenvalue weighted by molar-refractivity contribution is -0.147. The molecule has 1 amide bonds. The number of amides is 1. The van der Waals surface area contributed by atoms with Crippen LogP contribution in [-0.4, -0.2) is 49.9 Å². The van der Waals surface area contributed by atoms with Crippen molar-refractivity contribution in [1.29, 1.82) is 0 Å². The fourth-order valence-corrected chi connectivity index (χ4v) is 4.05. The second kappa shape index (κ2) is 7.19. The number of aryl methyl sites for hydroxylation is 1. The van der Waals surface area contributed by atoms with Gasteiger partial charge < -0.3 is 10.0 Å². The number of carbonyl (C=O) groups excluding carboxylic acids is 2. The molecule has 7 heteroatoms. The number of hydrogen-bond acceptors (Lipinski definition) is 5. The lowest BCUT2D eigenvalue weighted by Crippen LogP contribution is -2.45. The summed E-state index contributed by atoms with van der Waals surface area (Å²) in [4.78, 5) is 37.0. The highest BCUT2D eigenvalue weighted by molar-refractivity contribution is 8.15. The molecule has 0 spiro atoms. The van der Waals surface area contributed by atoms with Gasteiger partial charge in [-0.2, -0.15) is 0 Å². The van der Waals surface area contributed by atoms with Crippen LogP contribution in [0.1, 0.15) is 22.8 Å². The molecule has 1 fully saturated rings. The Balaban J connectivity index is 2.00. The number of hydrogen-bond donors (Lipinski definition) is 1. The van der Waals surface area contributed by atoms with Gasteiger partial charge in [0.2, 0.25) is 11.0 Å². The highest BCUT2D eigenvalue weighted by Crippen LogP contribution is 2.26. The van der Waals surface area contributed by atoms with Gasteiger partial charge in [0.15, 0.2) is 0 Å². The highest BCUT2D eigenvalue weighted by Gasteiger charge is 2.37. The van der Waals surface area contributed by atoms with Gasteiger partial charge in [0.25, 0.3) is 0 Å². The van der Waals surface area contributed by atoms with Crippen LogP contribution >= 0.6 is 23.5 Å². The molecule has 1 N–H and O–H groups in total. The number of carboxylic acid groups (broad SMARTS) is 1. The molecule has 1 heterocycles. The predicted molar refractivity (Wildman–Crippen MR) is 88.2 cm³/mol. The maximum Gasteiger partial charge on any atom is 0.327 e. The van der Waals surface area contributed by atoms with Gasteiger partial charge in [-0.1, -0.05) is 41.6 Å². The fraction of sp³-hybridized carbons (Fsp3) is 0.400. The lowest BCUT2D eigenvalue weighted by Gasteiger charge is -2.23. The van der Waals surface area contributed by atoms with Crippen molar-refractivity contribution < 1.29 is 19.5 Å². The molecule has 1 aliphatic rings. The van der Waals surface area contributed by atoms with Crippen molar-refractivity contribution in [3.05, 3.63) is 35.4 Å². The van der Waals surface area contributed by atoms with Crippen molar-refractivity contribution in [1.82, 2.24) is 4.90 Å². The van der Waals surface area contributed by atoms with Crippen LogP contribution in [0.25, 0.3) is 0 Å². The Morgan fingerprint density at radius 1 is 1.32 bits per heavy atom. The van der Waals surface area contributed by atoms with Gasteiger partial charge in [-0.25, -0.2) is 4.79 Å². The van der Waals surface area contributed by atoms with E-state index in [4.69, 9.17) is 5.11 Å². The first-order valence-electron chi connectivity index (χ1n) is 6.79. The summed E-state index contributed by atoms with van der Waals surface area (Å²) in [6.45, 7) is 3.58. The predicted octanol–water partition coefficient (Wildman–Crippen LogP) is 2.24. The number of nitrogens with zero attached hydrogens (tertiary/aromatic N) is 1. The molecule has 1 aromatic carbocycles. The van der Waals surface area contributed by atoms with E-state index in [0.717, 1.165) is 17.3 Å². The maximum absolute atomic E-state index is 12.4. The van der Waals surface area contributed by atoms with E-state index in [9.17, 15) is 14.4 Å². The molecule has 2 atom stereocenters. The van der Waals surface area contributed by atoms with Gasteiger partial charge in [0, 0.05) is 11.3 Å². The van der Waals surface area contributed by atoms with Crippen LogP contribution < -0.4 is 0 Å². The van der Waals surface area contributed by atoms with Gasteiger partial charge in [0.1, 0.15) is 6.04 Å². The van der Waals surface area contributed by atoms with Crippen LogP contribution in [-0.2, 0) is 9.59 Å². The zero-order valence-corrected chi connectivity index (χ0v) is 13.9. The molecule has 0 aliphatic carbocycles. The zero-order valence-electron chi connectivity index (χ0n) is 12.3. The Bertz CT molecular complexity index is 588. The second-order valence-corrected chi connectivity index (χ2v) is 7.39. The minimum absolute atomic E-state index is 0.181. The molecule has 22 heavy (non-hydrogen) atoms. The summed E-state index contributed by atoms with van der Waals surface area (Å²) in [5.74, 6) is -0.549. The number of aliphatic carboxylic acids is 1. The van der Waals surface area contributed by atoms with Crippen LogP contribution in [0.2, 0.25) is 0 Å². The molecule has 0 unspecified atom stereocenters. The molecule has 1 aliphatic heterocycles. The average Bonchev–Trinajstić information content (AvgIpc) is 2.96. The van der Waals surface area contributed by atoms with Crippen molar-refractivity contribution in [3.8, 4) is 0 Å². The van der Waals surface area contributed by atoms with Crippen molar-refractivity contribution in [2.45, 2.75) is 25.1 Å². The number of benzene rings is 1. The number of rotatable bonds is 4. The Morgan fingerprint density at radius 2 is 1.95 bits per heavy atom. The van der Waals surface area contributed by atoms with Crippen LogP contribution in [0.4, 0.5) is 0 Å². The SMILES string of the molecule is Cc1ccc(C(=O)S[C@@H](C)C(=O)N2CSC[C@H]2C(=O)O)cc1. The van der Waals surface area contributed by atoms with E-state index < -0.39 is 17.3 Å². The molecule has 0 aromatic heterocycles. The number of carbonyl (C=O) groups is 3. The molecular formula is C15H17NO4S2. The van der Waals surface area contributed by atoms with Crippen molar-refractivity contribution in [2.75, 3.05) is 11.6 Å². The summed E-state index contributed by atoms with van der Waals surface area (Å²) in [5, 5.41) is 8.34. The normalized spacial score (nSPS) is 19.0. The average molecular weight is 339 g/mol. The fourth-order valence-electron chi connectivity index (χ4n) is 2.07. The summed E-state index contributed by atoms with van der Waals surface area (Å²) in [7, 11) is 0. The van der Waals surface area contributed by atoms with Crippen LogP contribution in [0.5, 0.6) is 0 Å². The van der Waals surface area contributed by atoms with E-state index in [2.05, 4.69) is 0 Å². The van der Waals surface area contributed by atoms with Gasteiger partial charge in [-0.05, 0) is 13.8 Å². The van der Waals surface area contributed by atoms with Crippen molar-refractivity contribution in [2.24, 2.45) is 0 Å². The summed E-state index contributed by atoms with van der Waals surface area (Å²) >= 11 is 2.35. The number of thioether (sulfide) groups is 2. The van der Waals surface area contributed by atoms with E-state index in [1.165, 1.54) is 16.7 Å². The van der Waals surface area contributed by atoms with Gasteiger partial charge in [-0.3, -0.25) is 9.59 Å². The van der Waals surface area contributed by atoms with Gasteiger partial charge >= 0.3 is 5.97 Å². The third-order valence-electron chi connectivity index (χ3n) is 3.37. The van der Waals surface area contributed by atoms with Crippen LogP contribution in [0.15, 0.2) is 24.3 Å². The van der Waals surface area contributed by atoms with E-state index in [1.54, 1.807) is 19.1 Å². The molecule has 5 nitrogen and oxygen atoms in total. The van der Waals surface area contributed by atoms with Crippen molar-refractivity contribution in [3.63, 3.8) is 0 Å². The summed E-state index contributed by atoms with van der Waals surface area (Å²) in [6, 6.07) is 6.35. The Morgan fingerprint density at radius 3 is 2.55 bits per heavy atom. The van der Waals surface area contributed by atoms with E-state index >= 15 is 0 Å². The molecule has 118 valence electrons. The van der Waals surface area contributed by atoms with E-state index in [0.29, 0.717) is 17.2 Å². The van der Waals surface area contributed by atoms with Crippen molar-refractivity contribution >= 4 is 40.5 Å². The molecular weight excluding hydrogens is 322 g/mol. The Kier molecular flexibility index (Phi) is 5.52. The summed E-state index contributed by atoms with van der Waals surface area (Å²) < 4.78 is 0. The van der Waals surface area contributed by atoms with E-state index in [1.807, 2.05) is 19.1 Å². The van der Waals surface area contributed by atoms with Gasteiger partial charge in [0.05, 0.1) is 11.1 Å². The zero-order chi connectivity index (χ0) is 16.3. The first kappa shape index (κ1) is 16.9. The maximum atomic E-state index is 12.4. The molecule has 0 radical (unpaired) electrons. The lowest BCUT2D eigenvalue weighted by atomic mass is 10.2. The van der Waals surface area contributed by atoms with Crippen LogP contribution in [0.3, 0.4) is 0 Å². The second-order valence-electron chi connectivity index (χ2n) is 5.08. The standard InChI is InChI=1S/C15H17NO4S2/c1-9-3-5-11(6-4-9)15(20)22-10(2)13(17)16-8-21-7-12(16)14(18)19/h3-6,10,12H,7-8H2,1-2H3,(H,18,19)/t10-,12-/m0/s1. The Labute approximate surface area is 137 Å². The Hall–Kier alpha value is -1.47. The van der Waals surface area contributed by atoms with E-state index in [-0.39, 0.29) is 11.0 Å². The molecule has 1 aromatic rings. The first-order chi connectivity index (χ1) is 10.4. The third kappa shape index (κ3) is 3.84. The molecule has 2 rings (SSSR count). The van der Waals surface area contributed by atoms with Crippen LogP contribution in [0, 0.1) is 6.92 Å². The number of carboxylic acids is 1. The first-order valence-corrected chi connectivity index (χ1v) is 8.82. The molecule has 0 bridgehead atoms. The quantitative estimate of drug-likeness (QED) is 0.907. The molecule has 1 saturated heterocycles. The highest BCUT2D eigenvalue weighted by atomic mass is 32.2. The summed E-state index contributed by atoms with van der Waals surface area (Å²) in [6.07, 6.45) is 0. The third-order valence-corrected chi connectivity index (χ3v) is 5.39. The summed E-state index contributed by atoms with van der Waals surface area (Å²) in [5.41, 5.74) is 1.60. The van der Waals surface area contributed by atoms with Gasteiger partial charge in [-0.15, -0.1) is 11.8 Å². The monoisotopic (exact) mass is 339 g/mol. The topological polar surface area (TPSA) is 74.7 Å².